The van der Waals surface area contributed by atoms with Crippen molar-refractivity contribution in [1.29, 1.82) is 0 Å². The summed E-state index contributed by atoms with van der Waals surface area (Å²) in [6.07, 6.45) is 3.08. The smallest absolute Gasteiger partial charge is 0.257 e. The Labute approximate surface area is 223 Å². The topological polar surface area (TPSA) is 125 Å². The van der Waals surface area contributed by atoms with Crippen LogP contribution < -0.4 is 21.3 Å². The van der Waals surface area contributed by atoms with Gasteiger partial charge in [-0.2, -0.15) is 0 Å². The van der Waals surface area contributed by atoms with E-state index in [0.29, 0.717) is 39.7 Å². The molecule has 0 spiro atoms. The molecule has 9 heteroatoms. The lowest BCUT2D eigenvalue weighted by molar-refractivity contribution is 0.0962. The van der Waals surface area contributed by atoms with E-state index in [0.717, 1.165) is 17.9 Å². The number of hydrogen-bond donors (Lipinski definition) is 4. The maximum atomic E-state index is 13.2. The quantitative estimate of drug-likeness (QED) is 0.333. The van der Waals surface area contributed by atoms with Crippen LogP contribution in [0.25, 0.3) is 0 Å². The van der Waals surface area contributed by atoms with Gasteiger partial charge in [-0.1, -0.05) is 34.6 Å². The first kappa shape index (κ1) is 28.3. The van der Waals surface area contributed by atoms with Crippen molar-refractivity contribution < 1.29 is 14.4 Å². The highest BCUT2D eigenvalue weighted by Gasteiger charge is 2.20. The Kier molecular flexibility index (Phi) is 8.83. The van der Waals surface area contributed by atoms with Crippen molar-refractivity contribution in [2.75, 3.05) is 29.5 Å². The minimum atomic E-state index is -0.410. The number of amides is 3. The first-order chi connectivity index (χ1) is 17.9. The molecule has 200 valence electrons. The molecule has 4 N–H and O–H groups in total. The van der Waals surface area contributed by atoms with Gasteiger partial charge in [0, 0.05) is 24.7 Å². The number of anilines is 3. The zero-order valence-corrected chi connectivity index (χ0v) is 23.0. The molecule has 0 aliphatic carbocycles. The Morgan fingerprint density at radius 1 is 0.842 bits per heavy atom. The molecular weight excluding hydrogens is 480 g/mol. The maximum absolute atomic E-state index is 13.2. The largest absolute Gasteiger partial charge is 0.370 e. The van der Waals surface area contributed by atoms with E-state index in [4.69, 9.17) is 0 Å². The highest BCUT2D eigenvalue weighted by atomic mass is 16.2. The summed E-state index contributed by atoms with van der Waals surface area (Å²) >= 11 is 0. The van der Waals surface area contributed by atoms with Gasteiger partial charge in [0.25, 0.3) is 17.7 Å². The normalized spacial score (nSPS) is 11.2. The van der Waals surface area contributed by atoms with Crippen LogP contribution in [0.2, 0.25) is 0 Å². The third-order valence-electron chi connectivity index (χ3n) is 5.85. The molecule has 0 aliphatic rings. The highest BCUT2D eigenvalue weighted by molar-refractivity contribution is 6.08. The maximum Gasteiger partial charge on any atom is 0.257 e. The second kappa shape index (κ2) is 11.9. The predicted molar refractivity (Wildman–Crippen MR) is 151 cm³/mol. The van der Waals surface area contributed by atoms with Gasteiger partial charge in [-0.15, -0.1) is 0 Å². The number of nitrogens with zero attached hydrogens (tertiary/aromatic N) is 2. The molecule has 2 aromatic heterocycles. The first-order valence-corrected chi connectivity index (χ1v) is 12.5. The molecule has 2 heterocycles. The Hall–Kier alpha value is -4.27. The van der Waals surface area contributed by atoms with E-state index in [2.05, 4.69) is 45.1 Å². The zero-order valence-electron chi connectivity index (χ0n) is 23.0. The zero-order chi connectivity index (χ0) is 28.0. The molecule has 0 atom stereocenters. The summed E-state index contributed by atoms with van der Waals surface area (Å²) in [4.78, 5) is 47.1. The minimum Gasteiger partial charge on any atom is -0.370 e. The van der Waals surface area contributed by atoms with Gasteiger partial charge < -0.3 is 21.3 Å². The molecule has 0 fully saturated rings. The fraction of sp³-hybridized carbons (Fsp3) is 0.345. The average Bonchev–Trinajstić information content (AvgIpc) is 2.87. The summed E-state index contributed by atoms with van der Waals surface area (Å²) in [5, 5.41) is 11.5. The number of hydrogen-bond acceptors (Lipinski definition) is 6. The van der Waals surface area contributed by atoms with Gasteiger partial charge in [0.05, 0.1) is 35.0 Å². The number of nitrogens with one attached hydrogen (secondary N) is 4. The fourth-order valence-corrected chi connectivity index (χ4v) is 3.58. The van der Waals surface area contributed by atoms with Crippen LogP contribution in [0.3, 0.4) is 0 Å². The Balaban J connectivity index is 1.79. The summed E-state index contributed by atoms with van der Waals surface area (Å²) < 4.78 is 0. The molecule has 0 bridgehead atoms. The number of aromatic nitrogens is 2. The SMILES string of the molecule is CNC(=O)c1cc(C(=O)Nc2cnc(C)c(C(=O)Nc3ccc(NCC(C)C)nc3)c2)cc(C(C)(C)C)c1. The van der Waals surface area contributed by atoms with Gasteiger partial charge in [-0.3, -0.25) is 19.4 Å². The van der Waals surface area contributed by atoms with Crippen LogP contribution >= 0.6 is 0 Å². The van der Waals surface area contributed by atoms with E-state index in [1.54, 1.807) is 56.6 Å². The molecule has 0 saturated heterocycles. The highest BCUT2D eigenvalue weighted by Crippen LogP contribution is 2.25. The van der Waals surface area contributed by atoms with Crippen molar-refractivity contribution in [1.82, 2.24) is 15.3 Å². The monoisotopic (exact) mass is 516 g/mol. The van der Waals surface area contributed by atoms with Crippen molar-refractivity contribution in [2.24, 2.45) is 5.92 Å². The van der Waals surface area contributed by atoms with E-state index in [-0.39, 0.29) is 17.2 Å². The summed E-state index contributed by atoms with van der Waals surface area (Å²) in [5.41, 5.74) is 3.04. The predicted octanol–water partition coefficient (Wildman–Crippen LogP) is 5.01. The van der Waals surface area contributed by atoms with Crippen LogP contribution in [-0.2, 0) is 5.41 Å². The van der Waals surface area contributed by atoms with Crippen LogP contribution in [0.15, 0.2) is 48.8 Å². The molecule has 1 aromatic carbocycles. The number of rotatable bonds is 8. The Bertz CT molecular complexity index is 1330. The summed E-state index contributed by atoms with van der Waals surface area (Å²) in [6, 6.07) is 10.3. The number of aryl methyl sites for hydroxylation is 1. The van der Waals surface area contributed by atoms with E-state index >= 15 is 0 Å². The van der Waals surface area contributed by atoms with Crippen molar-refractivity contribution >= 4 is 34.9 Å². The molecule has 0 radical (unpaired) electrons. The molecule has 0 aliphatic heterocycles. The second-order valence-corrected chi connectivity index (χ2v) is 10.6. The number of benzene rings is 1. The van der Waals surface area contributed by atoms with Crippen LogP contribution in [0.1, 0.15) is 77.0 Å². The molecular formula is C29H36N6O3. The number of carbonyl (C=O) groups is 3. The van der Waals surface area contributed by atoms with Gasteiger partial charge in [0.2, 0.25) is 0 Å². The van der Waals surface area contributed by atoms with Crippen molar-refractivity contribution in [2.45, 2.75) is 47.0 Å². The van der Waals surface area contributed by atoms with Crippen molar-refractivity contribution in [3.63, 3.8) is 0 Å². The first-order valence-electron chi connectivity index (χ1n) is 12.5. The van der Waals surface area contributed by atoms with Gasteiger partial charge in [-0.05, 0) is 60.2 Å². The molecule has 0 unspecified atom stereocenters. The van der Waals surface area contributed by atoms with Gasteiger partial charge in [0.1, 0.15) is 5.82 Å². The van der Waals surface area contributed by atoms with Crippen LogP contribution in [0.5, 0.6) is 0 Å². The van der Waals surface area contributed by atoms with Gasteiger partial charge >= 0.3 is 0 Å². The standard InChI is InChI=1S/C29H36N6O3/c1-17(2)14-32-25-9-8-22(15-33-25)34-28(38)24-13-23(16-31-18(24)3)35-27(37)20-10-19(26(36)30-7)11-21(12-20)29(4,5)6/h8-13,15-17H,14H2,1-7H3,(H,30,36)(H,32,33)(H,34,38)(H,35,37). The number of carbonyl (C=O) groups excluding carboxylic acids is 3. The fourth-order valence-electron chi connectivity index (χ4n) is 3.58. The van der Waals surface area contributed by atoms with E-state index in [9.17, 15) is 14.4 Å². The van der Waals surface area contributed by atoms with Crippen molar-refractivity contribution in [3.05, 3.63) is 76.7 Å². The molecule has 3 aromatic rings. The van der Waals surface area contributed by atoms with E-state index in [1.165, 1.54) is 6.20 Å². The minimum absolute atomic E-state index is 0.271. The van der Waals surface area contributed by atoms with Crippen LogP contribution in [0.4, 0.5) is 17.2 Å². The number of pyridine rings is 2. The second-order valence-electron chi connectivity index (χ2n) is 10.6. The molecule has 0 saturated carbocycles. The van der Waals surface area contributed by atoms with Gasteiger partial charge in [-0.25, -0.2) is 4.98 Å². The summed E-state index contributed by atoms with van der Waals surface area (Å²) in [6.45, 7) is 12.8. The third-order valence-corrected chi connectivity index (χ3v) is 5.85. The molecule has 3 rings (SSSR count). The van der Waals surface area contributed by atoms with E-state index in [1.807, 2.05) is 20.8 Å². The molecule has 38 heavy (non-hydrogen) atoms. The van der Waals surface area contributed by atoms with E-state index < -0.39 is 5.91 Å². The summed E-state index contributed by atoms with van der Waals surface area (Å²) in [5.74, 6) is 0.160. The lowest BCUT2D eigenvalue weighted by Gasteiger charge is -2.21. The average molecular weight is 517 g/mol. The van der Waals surface area contributed by atoms with Crippen molar-refractivity contribution in [3.8, 4) is 0 Å². The Morgan fingerprint density at radius 3 is 2.05 bits per heavy atom. The lowest BCUT2D eigenvalue weighted by Crippen LogP contribution is -2.22. The molecule has 3 amide bonds. The van der Waals surface area contributed by atoms with Crippen LogP contribution in [-0.4, -0.2) is 41.3 Å². The lowest BCUT2D eigenvalue weighted by atomic mass is 9.85. The summed E-state index contributed by atoms with van der Waals surface area (Å²) in [7, 11) is 1.55. The molecule has 9 nitrogen and oxygen atoms in total. The Morgan fingerprint density at radius 2 is 1.47 bits per heavy atom. The third kappa shape index (κ3) is 7.38. The van der Waals surface area contributed by atoms with Gasteiger partial charge in [0.15, 0.2) is 0 Å². The van der Waals surface area contributed by atoms with Crippen LogP contribution in [0, 0.1) is 12.8 Å².